The number of carbonyl (C=O) groups is 1. The molecule has 3 heterocycles. The first kappa shape index (κ1) is 15.8. The van der Waals surface area contributed by atoms with Crippen molar-refractivity contribution in [2.24, 2.45) is 5.41 Å². The Labute approximate surface area is 142 Å². The highest BCUT2D eigenvalue weighted by Gasteiger charge is 2.50. The third-order valence-corrected chi connectivity index (χ3v) is 6.25. The minimum absolute atomic E-state index is 0.158. The molecule has 6 heteroatoms. The number of anilines is 1. The molecule has 2 saturated heterocycles. The molecule has 1 N–H and O–H groups in total. The molecule has 1 amide bonds. The smallest absolute Gasteiger partial charge is 0.229 e. The molecule has 24 heavy (non-hydrogen) atoms. The lowest BCUT2D eigenvalue weighted by atomic mass is 9.77. The Morgan fingerprint density at radius 1 is 1.04 bits per heavy atom. The van der Waals surface area contributed by atoms with Gasteiger partial charge in [0.25, 0.3) is 0 Å². The van der Waals surface area contributed by atoms with Crippen LogP contribution in [0.5, 0.6) is 0 Å². The van der Waals surface area contributed by atoms with Gasteiger partial charge in [-0.2, -0.15) is 0 Å². The Balaban J connectivity index is 1.40. The Morgan fingerprint density at radius 2 is 1.75 bits per heavy atom. The van der Waals surface area contributed by atoms with E-state index in [2.05, 4.69) is 19.8 Å². The fourth-order valence-corrected chi connectivity index (χ4v) is 4.65. The zero-order valence-corrected chi connectivity index (χ0v) is 14.1. The van der Waals surface area contributed by atoms with Crippen LogP contribution in [0, 0.1) is 5.41 Å². The third-order valence-electron chi connectivity index (χ3n) is 6.25. The highest BCUT2D eigenvalue weighted by atomic mass is 16.3. The number of hydrogen-bond donors (Lipinski definition) is 1. The maximum Gasteiger partial charge on any atom is 0.229 e. The van der Waals surface area contributed by atoms with Crippen molar-refractivity contribution < 1.29 is 9.90 Å². The van der Waals surface area contributed by atoms with E-state index < -0.39 is 0 Å². The summed E-state index contributed by atoms with van der Waals surface area (Å²) in [7, 11) is 0. The Kier molecular flexibility index (Phi) is 4.16. The standard InChI is InChI=1S/C18H26N4O2/c23-15-3-1-14(2-4-15)22-12-7-18(17(22)24)5-10-21(11-6-18)16-13-19-8-9-20-16/h8-9,13-15,23H,1-7,10-12H2/t14-,15+. The van der Waals surface area contributed by atoms with Crippen LogP contribution in [0.1, 0.15) is 44.9 Å². The topological polar surface area (TPSA) is 69.6 Å². The van der Waals surface area contributed by atoms with Crippen LogP contribution in [-0.4, -0.2) is 57.7 Å². The molecule has 1 aromatic rings. The molecule has 1 spiro atoms. The molecule has 0 aromatic carbocycles. The molecule has 4 rings (SSSR count). The van der Waals surface area contributed by atoms with Crippen LogP contribution < -0.4 is 4.90 Å². The molecule has 0 atom stereocenters. The summed E-state index contributed by atoms with van der Waals surface area (Å²) < 4.78 is 0. The highest BCUT2D eigenvalue weighted by molar-refractivity contribution is 5.85. The van der Waals surface area contributed by atoms with E-state index in [1.165, 1.54) is 0 Å². The van der Waals surface area contributed by atoms with Crippen LogP contribution in [-0.2, 0) is 4.79 Å². The quantitative estimate of drug-likeness (QED) is 0.892. The number of likely N-dealkylation sites (tertiary alicyclic amines) is 1. The lowest BCUT2D eigenvalue weighted by Crippen LogP contribution is -2.47. The zero-order valence-electron chi connectivity index (χ0n) is 14.1. The first-order valence-electron chi connectivity index (χ1n) is 9.18. The maximum atomic E-state index is 13.1. The monoisotopic (exact) mass is 330 g/mol. The fraction of sp³-hybridized carbons (Fsp3) is 0.722. The summed E-state index contributed by atoms with van der Waals surface area (Å²) in [5, 5.41) is 9.70. The molecule has 0 bridgehead atoms. The number of piperidine rings is 1. The van der Waals surface area contributed by atoms with Gasteiger partial charge in [-0.25, -0.2) is 4.98 Å². The lowest BCUT2D eigenvalue weighted by Gasteiger charge is -2.39. The Hall–Kier alpha value is -1.69. The molecule has 130 valence electrons. The second-order valence-corrected chi connectivity index (χ2v) is 7.54. The minimum Gasteiger partial charge on any atom is -0.393 e. The second kappa shape index (κ2) is 6.31. The number of carbonyl (C=O) groups excluding carboxylic acids is 1. The molecule has 1 saturated carbocycles. The van der Waals surface area contributed by atoms with Crippen LogP contribution in [0.3, 0.4) is 0 Å². The molecule has 1 aliphatic carbocycles. The predicted molar refractivity (Wildman–Crippen MR) is 90.5 cm³/mol. The van der Waals surface area contributed by atoms with Gasteiger partial charge in [-0.3, -0.25) is 9.78 Å². The largest absolute Gasteiger partial charge is 0.393 e. The van der Waals surface area contributed by atoms with Crippen molar-refractivity contribution in [1.82, 2.24) is 14.9 Å². The van der Waals surface area contributed by atoms with E-state index in [1.54, 1.807) is 18.6 Å². The maximum absolute atomic E-state index is 13.1. The molecule has 0 radical (unpaired) electrons. The molecule has 0 unspecified atom stereocenters. The van der Waals surface area contributed by atoms with E-state index in [9.17, 15) is 9.90 Å². The average molecular weight is 330 g/mol. The third kappa shape index (κ3) is 2.77. The van der Waals surface area contributed by atoms with Gasteiger partial charge >= 0.3 is 0 Å². The fourth-order valence-electron chi connectivity index (χ4n) is 4.65. The molecule has 1 aromatic heterocycles. The number of aromatic nitrogens is 2. The Morgan fingerprint density at radius 3 is 2.42 bits per heavy atom. The van der Waals surface area contributed by atoms with Crippen molar-refractivity contribution in [2.45, 2.75) is 57.1 Å². The van der Waals surface area contributed by atoms with Crippen LogP contribution >= 0.6 is 0 Å². The van der Waals surface area contributed by atoms with Gasteiger partial charge in [0.2, 0.25) is 5.91 Å². The van der Waals surface area contributed by atoms with Crippen LogP contribution in [0.4, 0.5) is 5.82 Å². The minimum atomic E-state index is -0.164. The molecule has 3 fully saturated rings. The van der Waals surface area contributed by atoms with Crippen molar-refractivity contribution in [1.29, 1.82) is 0 Å². The van der Waals surface area contributed by atoms with Crippen LogP contribution in [0.15, 0.2) is 18.6 Å². The molecule has 6 nitrogen and oxygen atoms in total. The molecular formula is C18H26N4O2. The average Bonchev–Trinajstić information content (AvgIpc) is 2.94. The van der Waals surface area contributed by atoms with Crippen molar-refractivity contribution >= 4 is 11.7 Å². The Bertz CT molecular complexity index is 578. The van der Waals surface area contributed by atoms with E-state index in [4.69, 9.17) is 0 Å². The SMILES string of the molecule is O=C1N([C@H]2CC[C@@H](O)CC2)CCC12CCN(c1cnccn1)CC2. The molecule has 3 aliphatic rings. The summed E-state index contributed by atoms with van der Waals surface area (Å²) >= 11 is 0. The van der Waals surface area contributed by atoms with Gasteiger partial charge in [0.15, 0.2) is 0 Å². The van der Waals surface area contributed by atoms with E-state index in [-0.39, 0.29) is 11.5 Å². The van der Waals surface area contributed by atoms with Gasteiger partial charge in [0.1, 0.15) is 5.82 Å². The molecule has 2 aliphatic heterocycles. The lowest BCUT2D eigenvalue weighted by molar-refractivity contribution is -0.139. The predicted octanol–water partition coefficient (Wildman–Crippen LogP) is 1.60. The first-order valence-corrected chi connectivity index (χ1v) is 9.18. The number of amides is 1. The van der Waals surface area contributed by atoms with Crippen LogP contribution in [0.25, 0.3) is 0 Å². The number of aliphatic hydroxyl groups is 1. The summed E-state index contributed by atoms with van der Waals surface area (Å²) in [6, 6.07) is 0.346. The summed E-state index contributed by atoms with van der Waals surface area (Å²) in [4.78, 5) is 26.0. The second-order valence-electron chi connectivity index (χ2n) is 7.54. The summed E-state index contributed by atoms with van der Waals surface area (Å²) in [5.41, 5.74) is -0.158. The van der Waals surface area contributed by atoms with E-state index in [0.717, 1.165) is 70.4 Å². The van der Waals surface area contributed by atoms with Gasteiger partial charge in [0, 0.05) is 38.1 Å². The molecular weight excluding hydrogens is 304 g/mol. The first-order chi connectivity index (χ1) is 11.7. The van der Waals surface area contributed by atoms with Gasteiger partial charge in [-0.05, 0) is 44.9 Å². The van der Waals surface area contributed by atoms with E-state index in [0.29, 0.717) is 11.9 Å². The van der Waals surface area contributed by atoms with Gasteiger partial charge < -0.3 is 14.9 Å². The number of aliphatic hydroxyl groups excluding tert-OH is 1. The number of nitrogens with zero attached hydrogens (tertiary/aromatic N) is 4. The zero-order chi connectivity index (χ0) is 16.6. The summed E-state index contributed by atoms with van der Waals surface area (Å²) in [6.07, 6.45) is 11.4. The van der Waals surface area contributed by atoms with Crippen molar-refractivity contribution in [3.8, 4) is 0 Å². The van der Waals surface area contributed by atoms with E-state index in [1.807, 2.05) is 0 Å². The van der Waals surface area contributed by atoms with Crippen molar-refractivity contribution in [2.75, 3.05) is 24.5 Å². The number of hydrogen-bond acceptors (Lipinski definition) is 5. The number of rotatable bonds is 2. The van der Waals surface area contributed by atoms with Crippen molar-refractivity contribution in [3.63, 3.8) is 0 Å². The normalized spacial score (nSPS) is 30.1. The highest BCUT2D eigenvalue weighted by Crippen LogP contribution is 2.44. The summed E-state index contributed by atoms with van der Waals surface area (Å²) in [5.74, 6) is 1.28. The summed E-state index contributed by atoms with van der Waals surface area (Å²) in [6.45, 7) is 2.65. The van der Waals surface area contributed by atoms with Gasteiger partial charge in [-0.1, -0.05) is 0 Å². The van der Waals surface area contributed by atoms with E-state index >= 15 is 0 Å². The van der Waals surface area contributed by atoms with Crippen LogP contribution in [0.2, 0.25) is 0 Å². The van der Waals surface area contributed by atoms with Crippen molar-refractivity contribution in [3.05, 3.63) is 18.6 Å². The van der Waals surface area contributed by atoms with Gasteiger partial charge in [0.05, 0.1) is 17.7 Å². The van der Waals surface area contributed by atoms with Gasteiger partial charge in [-0.15, -0.1) is 0 Å².